The molecule has 7 heteroatoms. The number of carboxylic acid groups (broad SMARTS) is 1. The fraction of sp³-hybridized carbons (Fsp3) is 0.833. The van der Waals surface area contributed by atoms with Crippen molar-refractivity contribution in [2.24, 2.45) is 11.8 Å². The Morgan fingerprint density at radius 2 is 1.68 bits per heavy atom. The van der Waals surface area contributed by atoms with Crippen molar-refractivity contribution in [3.8, 4) is 0 Å². The summed E-state index contributed by atoms with van der Waals surface area (Å²) in [6, 6.07) is -0.353. The van der Waals surface area contributed by atoms with Crippen LogP contribution in [0.4, 0.5) is 0 Å². The van der Waals surface area contributed by atoms with Crippen molar-refractivity contribution in [1.82, 2.24) is 5.32 Å². The zero-order valence-corrected chi connectivity index (χ0v) is 11.5. The zero-order chi connectivity index (χ0) is 14.0. The lowest BCUT2D eigenvalue weighted by Gasteiger charge is -2.28. The van der Waals surface area contributed by atoms with E-state index in [1.807, 2.05) is 0 Å². The Bertz CT molecular complexity index is 473. The molecule has 0 aromatic carbocycles. The molecule has 0 radical (unpaired) electrons. The number of carbonyl (C=O) groups excluding carboxylic acids is 1. The number of aliphatic carboxylic acids is 1. The van der Waals surface area contributed by atoms with E-state index in [-0.39, 0.29) is 23.5 Å². The lowest BCUT2D eigenvalue weighted by atomic mass is 9.78. The molecular weight excluding hydrogens is 270 g/mol. The van der Waals surface area contributed by atoms with E-state index < -0.39 is 27.6 Å². The summed E-state index contributed by atoms with van der Waals surface area (Å²) < 4.78 is 22.7. The monoisotopic (exact) mass is 289 g/mol. The normalized spacial score (nSPS) is 33.8. The number of hydrogen-bond acceptors (Lipinski definition) is 4. The first-order valence-electron chi connectivity index (χ1n) is 6.62. The molecular formula is C12H19NO5S. The van der Waals surface area contributed by atoms with E-state index in [4.69, 9.17) is 5.11 Å². The van der Waals surface area contributed by atoms with Crippen LogP contribution >= 0.6 is 0 Å². The average Bonchev–Trinajstić information content (AvgIpc) is 2.68. The van der Waals surface area contributed by atoms with E-state index in [0.29, 0.717) is 19.3 Å². The van der Waals surface area contributed by atoms with Crippen LogP contribution in [-0.2, 0) is 19.4 Å². The Morgan fingerprint density at radius 1 is 1.05 bits per heavy atom. The zero-order valence-electron chi connectivity index (χ0n) is 10.7. The maximum absolute atomic E-state index is 12.1. The van der Waals surface area contributed by atoms with Gasteiger partial charge in [-0.2, -0.15) is 0 Å². The van der Waals surface area contributed by atoms with Crippen LogP contribution in [0.15, 0.2) is 0 Å². The van der Waals surface area contributed by atoms with Crippen molar-refractivity contribution in [3.05, 3.63) is 0 Å². The van der Waals surface area contributed by atoms with Crippen molar-refractivity contribution < 1.29 is 23.1 Å². The highest BCUT2D eigenvalue weighted by molar-refractivity contribution is 7.91. The van der Waals surface area contributed by atoms with Crippen LogP contribution in [0, 0.1) is 11.8 Å². The quantitative estimate of drug-likeness (QED) is 0.772. The largest absolute Gasteiger partial charge is 0.481 e. The van der Waals surface area contributed by atoms with Gasteiger partial charge in [-0.15, -0.1) is 0 Å². The smallest absolute Gasteiger partial charge is 0.307 e. The highest BCUT2D eigenvalue weighted by atomic mass is 32.2. The van der Waals surface area contributed by atoms with Crippen LogP contribution in [0.1, 0.15) is 32.1 Å². The van der Waals surface area contributed by atoms with Crippen LogP contribution in [0.5, 0.6) is 0 Å². The molecule has 1 amide bonds. The topological polar surface area (TPSA) is 101 Å². The van der Waals surface area contributed by atoms with Gasteiger partial charge in [0.05, 0.1) is 23.3 Å². The van der Waals surface area contributed by atoms with E-state index in [2.05, 4.69) is 5.32 Å². The van der Waals surface area contributed by atoms with Crippen molar-refractivity contribution in [3.63, 3.8) is 0 Å². The summed E-state index contributed by atoms with van der Waals surface area (Å²) in [5.74, 6) is -2.30. The Labute approximate surface area is 112 Å². The van der Waals surface area contributed by atoms with E-state index in [9.17, 15) is 18.0 Å². The molecule has 2 rings (SSSR count). The molecule has 3 atom stereocenters. The fourth-order valence-corrected chi connectivity index (χ4v) is 4.63. The van der Waals surface area contributed by atoms with Gasteiger partial charge in [0.1, 0.15) is 0 Å². The van der Waals surface area contributed by atoms with E-state index in [0.717, 1.165) is 12.8 Å². The Hall–Kier alpha value is -1.11. The third-order valence-corrected chi connectivity index (χ3v) is 5.77. The standard InChI is InChI=1S/C12H19NO5S/c14-11(13-8-5-6-19(17,18)7-8)9-3-1-2-4-10(9)12(15)16/h8-10H,1-7H2,(H,13,14)(H,15,16)/t8-,9-,10-/m1/s1. The molecule has 1 saturated heterocycles. The van der Waals surface area contributed by atoms with Gasteiger partial charge in [-0.05, 0) is 19.3 Å². The number of sulfone groups is 1. The van der Waals surface area contributed by atoms with E-state index in [1.54, 1.807) is 0 Å². The molecule has 2 N–H and O–H groups in total. The summed E-state index contributed by atoms with van der Waals surface area (Å²) in [6.45, 7) is 0. The number of amides is 1. The number of nitrogens with one attached hydrogen (secondary N) is 1. The molecule has 1 aliphatic carbocycles. The summed E-state index contributed by atoms with van der Waals surface area (Å²) >= 11 is 0. The van der Waals surface area contributed by atoms with Crippen LogP contribution in [0.25, 0.3) is 0 Å². The number of hydrogen-bond donors (Lipinski definition) is 2. The van der Waals surface area contributed by atoms with Gasteiger partial charge in [0.15, 0.2) is 9.84 Å². The first-order valence-corrected chi connectivity index (χ1v) is 8.45. The number of rotatable bonds is 3. The first-order chi connectivity index (χ1) is 8.89. The molecule has 0 spiro atoms. The van der Waals surface area contributed by atoms with E-state index in [1.165, 1.54) is 0 Å². The van der Waals surface area contributed by atoms with Gasteiger partial charge in [-0.25, -0.2) is 8.42 Å². The van der Waals surface area contributed by atoms with Gasteiger partial charge in [0.25, 0.3) is 0 Å². The molecule has 2 aliphatic rings. The summed E-state index contributed by atoms with van der Waals surface area (Å²) in [4.78, 5) is 23.2. The van der Waals surface area contributed by atoms with Crippen molar-refractivity contribution in [2.45, 2.75) is 38.1 Å². The number of carbonyl (C=O) groups is 2. The van der Waals surface area contributed by atoms with Crippen molar-refractivity contribution in [2.75, 3.05) is 11.5 Å². The lowest BCUT2D eigenvalue weighted by molar-refractivity contribution is -0.149. The predicted molar refractivity (Wildman–Crippen MR) is 68.3 cm³/mol. The number of carboxylic acids is 1. The highest BCUT2D eigenvalue weighted by Gasteiger charge is 2.37. The third kappa shape index (κ3) is 3.46. The Kier molecular flexibility index (Phi) is 4.13. The molecule has 6 nitrogen and oxygen atoms in total. The van der Waals surface area contributed by atoms with Gasteiger partial charge in [-0.3, -0.25) is 9.59 Å². The summed E-state index contributed by atoms with van der Waals surface area (Å²) in [6.07, 6.45) is 3.21. The molecule has 1 aliphatic heterocycles. The lowest BCUT2D eigenvalue weighted by Crippen LogP contribution is -2.44. The van der Waals surface area contributed by atoms with Gasteiger partial charge < -0.3 is 10.4 Å². The second-order valence-corrected chi connectivity index (χ2v) is 7.67. The SMILES string of the molecule is O=C(O)[C@@H]1CCCC[C@H]1C(=O)N[C@@H]1CCS(=O)(=O)C1. The molecule has 2 fully saturated rings. The van der Waals surface area contributed by atoms with E-state index >= 15 is 0 Å². The van der Waals surface area contributed by atoms with Crippen molar-refractivity contribution >= 4 is 21.7 Å². The van der Waals surface area contributed by atoms with Gasteiger partial charge >= 0.3 is 5.97 Å². The molecule has 1 saturated carbocycles. The summed E-state index contributed by atoms with van der Waals surface area (Å²) in [5, 5.41) is 11.8. The molecule has 0 bridgehead atoms. The Morgan fingerprint density at radius 3 is 2.21 bits per heavy atom. The average molecular weight is 289 g/mol. The molecule has 0 aromatic heterocycles. The molecule has 108 valence electrons. The third-order valence-electron chi connectivity index (χ3n) is 4.00. The second-order valence-electron chi connectivity index (χ2n) is 5.44. The minimum atomic E-state index is -3.03. The first kappa shape index (κ1) is 14.3. The molecule has 1 heterocycles. The molecule has 0 aromatic rings. The van der Waals surface area contributed by atoms with Crippen LogP contribution < -0.4 is 5.32 Å². The molecule has 19 heavy (non-hydrogen) atoms. The van der Waals surface area contributed by atoms with Gasteiger partial charge in [0, 0.05) is 6.04 Å². The van der Waals surface area contributed by atoms with Crippen molar-refractivity contribution in [1.29, 1.82) is 0 Å². The highest BCUT2D eigenvalue weighted by Crippen LogP contribution is 2.30. The summed E-state index contributed by atoms with van der Waals surface area (Å²) in [7, 11) is -3.03. The van der Waals surface area contributed by atoms with Gasteiger partial charge in [-0.1, -0.05) is 12.8 Å². The maximum Gasteiger partial charge on any atom is 0.307 e. The minimum absolute atomic E-state index is 0.0246. The maximum atomic E-state index is 12.1. The Balaban J connectivity index is 1.97. The van der Waals surface area contributed by atoms with Gasteiger partial charge in [0.2, 0.25) is 5.91 Å². The summed E-state index contributed by atoms with van der Waals surface area (Å²) in [5.41, 5.74) is 0. The van der Waals surface area contributed by atoms with Crippen LogP contribution in [0.2, 0.25) is 0 Å². The van der Waals surface area contributed by atoms with Crippen LogP contribution in [0.3, 0.4) is 0 Å². The minimum Gasteiger partial charge on any atom is -0.481 e. The fourth-order valence-electron chi connectivity index (χ4n) is 2.96. The second kappa shape index (κ2) is 5.48. The molecule has 0 unspecified atom stereocenters. The van der Waals surface area contributed by atoms with Crippen LogP contribution in [-0.4, -0.2) is 42.9 Å². The predicted octanol–water partition coefficient (Wildman–Crippen LogP) is 0.181.